The van der Waals surface area contributed by atoms with Gasteiger partial charge in [-0.3, -0.25) is 24.7 Å². The second-order valence-electron chi connectivity index (χ2n) is 12.8. The van der Waals surface area contributed by atoms with E-state index in [-0.39, 0.29) is 13.2 Å². The molecule has 0 spiro atoms. The van der Waals surface area contributed by atoms with Gasteiger partial charge in [0, 0.05) is 26.2 Å². The third kappa shape index (κ3) is 9.67. The van der Waals surface area contributed by atoms with Crippen molar-refractivity contribution in [1.82, 2.24) is 20.6 Å². The third-order valence-electron chi connectivity index (χ3n) is 6.70. The zero-order valence-electron chi connectivity index (χ0n) is 27.3. The molecule has 0 radical (unpaired) electrons. The average molecular weight is 638 g/mol. The first-order chi connectivity index (χ1) is 21.7. The molecular weight excluding hydrogens is 594 g/mol. The zero-order valence-corrected chi connectivity index (χ0v) is 27.3. The summed E-state index contributed by atoms with van der Waals surface area (Å²) >= 11 is 0. The van der Waals surface area contributed by atoms with Crippen molar-refractivity contribution in [1.29, 1.82) is 0 Å². The molecule has 0 fully saturated rings. The number of imide groups is 1. The highest BCUT2D eigenvalue weighted by atomic mass is 16.7. The Balaban J connectivity index is 1.30. The lowest BCUT2D eigenvalue weighted by Crippen LogP contribution is -2.47. The van der Waals surface area contributed by atoms with Gasteiger partial charge in [0.05, 0.1) is 11.1 Å². The van der Waals surface area contributed by atoms with E-state index in [9.17, 15) is 19.2 Å². The summed E-state index contributed by atoms with van der Waals surface area (Å²) in [4.78, 5) is 61.5. The fourth-order valence-electron chi connectivity index (χ4n) is 4.75. The number of nitrogens with zero attached hydrogens (tertiary/aromatic N) is 3. The molecule has 13 heteroatoms. The number of fused-ring (bicyclic) bond motifs is 2. The van der Waals surface area contributed by atoms with Crippen molar-refractivity contribution in [2.24, 2.45) is 4.99 Å². The minimum atomic E-state index is -0.674. The van der Waals surface area contributed by atoms with E-state index in [1.54, 1.807) is 65.8 Å². The fraction of sp³-hybridized carbons (Fsp3) is 0.485. The van der Waals surface area contributed by atoms with Crippen molar-refractivity contribution >= 4 is 30.0 Å². The molecule has 13 nitrogen and oxygen atoms in total. The highest BCUT2D eigenvalue weighted by Gasteiger charge is 2.36. The number of hydroxylamine groups is 2. The van der Waals surface area contributed by atoms with Gasteiger partial charge in [-0.1, -0.05) is 18.2 Å². The molecule has 248 valence electrons. The molecule has 2 aromatic carbocycles. The standard InChI is InChI=1S/C33H43N5O8/c1-32(2,3)45-30(41)35-16-9-15-34-29(36-31(42)46-33(4,5)6)37-17-14-22-20-24(13-12-23(22)21-37)43-18-19-44-38-27(39)25-10-7-8-11-26(25)28(38)40/h7-8,10-13,20H,9,14-19,21H2,1-6H3,(H,35,41)(H,34,36,42). The zero-order chi connectivity index (χ0) is 33.5. The van der Waals surface area contributed by atoms with E-state index in [2.05, 4.69) is 15.6 Å². The van der Waals surface area contributed by atoms with Crippen LogP contribution in [0.5, 0.6) is 5.75 Å². The summed E-state index contributed by atoms with van der Waals surface area (Å²) in [6.07, 6.45) is 0.124. The molecule has 2 N–H and O–H groups in total. The Hall–Kier alpha value is -4.65. The van der Waals surface area contributed by atoms with Gasteiger partial charge in [0.2, 0.25) is 5.96 Å². The molecule has 0 saturated carbocycles. The number of rotatable bonds is 9. The molecule has 2 aromatic rings. The van der Waals surface area contributed by atoms with Crippen LogP contribution < -0.4 is 15.4 Å². The predicted octanol–water partition coefficient (Wildman–Crippen LogP) is 4.45. The van der Waals surface area contributed by atoms with Gasteiger partial charge in [-0.15, -0.1) is 5.06 Å². The Labute approximate surface area is 269 Å². The average Bonchev–Trinajstić information content (AvgIpc) is 3.21. The number of carbonyl (C=O) groups is 4. The molecule has 0 unspecified atom stereocenters. The summed E-state index contributed by atoms with van der Waals surface area (Å²) < 4.78 is 16.6. The number of amides is 4. The largest absolute Gasteiger partial charge is 0.491 e. The van der Waals surface area contributed by atoms with E-state index in [1.165, 1.54) is 0 Å². The first-order valence-electron chi connectivity index (χ1n) is 15.3. The number of alkyl carbamates (subject to hydrolysis) is 2. The van der Waals surface area contributed by atoms with E-state index < -0.39 is 35.2 Å². The van der Waals surface area contributed by atoms with Gasteiger partial charge in [-0.2, -0.15) is 0 Å². The molecule has 2 heterocycles. The fourth-order valence-corrected chi connectivity index (χ4v) is 4.75. The molecule has 4 rings (SSSR count). The van der Waals surface area contributed by atoms with Gasteiger partial charge in [0.25, 0.3) is 11.8 Å². The number of benzene rings is 2. The molecule has 2 aliphatic rings. The SMILES string of the molecule is CC(C)(C)OC(=O)NCCCN=C(NC(=O)OC(C)(C)C)N1CCc2cc(OCCON3C(=O)c4ccccc4C3=O)ccc2C1. The predicted molar refractivity (Wildman–Crippen MR) is 169 cm³/mol. The Morgan fingerprint density at radius 3 is 2.17 bits per heavy atom. The monoisotopic (exact) mass is 637 g/mol. The van der Waals surface area contributed by atoms with Crippen LogP contribution in [0.25, 0.3) is 0 Å². The minimum Gasteiger partial charge on any atom is -0.491 e. The van der Waals surface area contributed by atoms with Crippen molar-refractivity contribution in [2.75, 3.05) is 32.8 Å². The smallest absolute Gasteiger partial charge is 0.414 e. The molecule has 46 heavy (non-hydrogen) atoms. The third-order valence-corrected chi connectivity index (χ3v) is 6.70. The van der Waals surface area contributed by atoms with Crippen molar-refractivity contribution in [2.45, 2.75) is 72.1 Å². The first-order valence-corrected chi connectivity index (χ1v) is 15.3. The maximum absolute atomic E-state index is 12.6. The maximum atomic E-state index is 12.6. The molecular formula is C33H43N5O8. The van der Waals surface area contributed by atoms with Gasteiger partial charge in [-0.05, 0) is 89.8 Å². The Morgan fingerprint density at radius 2 is 1.52 bits per heavy atom. The van der Waals surface area contributed by atoms with Gasteiger partial charge < -0.3 is 24.4 Å². The summed E-state index contributed by atoms with van der Waals surface area (Å²) in [5, 5.41) is 6.29. The summed E-state index contributed by atoms with van der Waals surface area (Å²) in [5.41, 5.74) is 1.53. The van der Waals surface area contributed by atoms with E-state index in [0.717, 1.165) is 16.2 Å². The van der Waals surface area contributed by atoms with Crippen LogP contribution in [0.15, 0.2) is 47.5 Å². The van der Waals surface area contributed by atoms with Crippen LogP contribution in [0.1, 0.15) is 79.8 Å². The number of hydrogen-bond acceptors (Lipinski definition) is 9. The number of guanidine groups is 1. The number of hydrogen-bond donors (Lipinski definition) is 2. The molecule has 0 bridgehead atoms. The van der Waals surface area contributed by atoms with Crippen molar-refractivity contribution in [3.8, 4) is 5.75 Å². The molecule has 0 aliphatic carbocycles. The Morgan fingerprint density at radius 1 is 0.870 bits per heavy atom. The lowest BCUT2D eigenvalue weighted by Gasteiger charge is -2.32. The molecule has 2 aliphatic heterocycles. The van der Waals surface area contributed by atoms with Crippen LogP contribution in [0.4, 0.5) is 9.59 Å². The molecule has 4 amide bonds. The highest BCUT2D eigenvalue weighted by molar-refractivity contribution is 6.20. The second-order valence-corrected chi connectivity index (χ2v) is 12.8. The Kier molecular flexibility index (Phi) is 10.9. The van der Waals surface area contributed by atoms with E-state index in [0.29, 0.717) is 61.9 Å². The lowest BCUT2D eigenvalue weighted by atomic mass is 9.99. The summed E-state index contributed by atoms with van der Waals surface area (Å²) in [5.74, 6) is 0.0557. The minimum absolute atomic E-state index is 0.0137. The molecule has 0 saturated heterocycles. The number of nitrogens with one attached hydrogen (secondary N) is 2. The van der Waals surface area contributed by atoms with Crippen molar-refractivity contribution < 1.29 is 38.2 Å². The van der Waals surface area contributed by atoms with Gasteiger partial charge >= 0.3 is 12.2 Å². The number of carbonyl (C=O) groups excluding carboxylic acids is 4. The van der Waals surface area contributed by atoms with Crippen LogP contribution >= 0.6 is 0 Å². The van der Waals surface area contributed by atoms with E-state index in [1.807, 2.05) is 23.1 Å². The quantitative estimate of drug-likeness (QED) is 0.176. The second kappa shape index (κ2) is 14.6. The van der Waals surface area contributed by atoms with Gasteiger partial charge in [0.1, 0.15) is 30.2 Å². The van der Waals surface area contributed by atoms with Gasteiger partial charge in [0.15, 0.2) is 0 Å². The van der Waals surface area contributed by atoms with E-state index in [4.69, 9.17) is 19.0 Å². The van der Waals surface area contributed by atoms with Crippen LogP contribution in [0.2, 0.25) is 0 Å². The highest BCUT2D eigenvalue weighted by Crippen LogP contribution is 2.25. The summed E-state index contributed by atoms with van der Waals surface area (Å²) in [6, 6.07) is 12.3. The molecule has 0 aromatic heterocycles. The van der Waals surface area contributed by atoms with Crippen LogP contribution in [-0.4, -0.2) is 84.0 Å². The topological polar surface area (TPSA) is 148 Å². The first kappa shape index (κ1) is 34.2. The van der Waals surface area contributed by atoms with Crippen molar-refractivity contribution in [3.63, 3.8) is 0 Å². The summed E-state index contributed by atoms with van der Waals surface area (Å²) in [6.45, 7) is 12.7. The summed E-state index contributed by atoms with van der Waals surface area (Å²) in [7, 11) is 0. The molecule has 0 atom stereocenters. The van der Waals surface area contributed by atoms with Crippen LogP contribution in [0, 0.1) is 0 Å². The van der Waals surface area contributed by atoms with Crippen LogP contribution in [0.3, 0.4) is 0 Å². The van der Waals surface area contributed by atoms with E-state index >= 15 is 0 Å². The normalized spacial score (nSPS) is 14.9. The lowest BCUT2D eigenvalue weighted by molar-refractivity contribution is -0.0976. The van der Waals surface area contributed by atoms with Crippen LogP contribution in [-0.2, 0) is 27.3 Å². The Bertz CT molecular complexity index is 1440. The van der Waals surface area contributed by atoms with Crippen molar-refractivity contribution in [3.05, 3.63) is 64.7 Å². The maximum Gasteiger partial charge on any atom is 0.414 e. The number of ether oxygens (including phenoxy) is 3. The number of aliphatic imine (C=N–C) groups is 1. The van der Waals surface area contributed by atoms with Gasteiger partial charge in [-0.25, -0.2) is 9.59 Å².